The zero-order chi connectivity index (χ0) is 17.2. The topological polar surface area (TPSA) is 69.2 Å². The average Bonchev–Trinajstić information content (AvgIpc) is 3.22. The van der Waals surface area contributed by atoms with E-state index >= 15 is 0 Å². The van der Waals surface area contributed by atoms with E-state index in [1.807, 2.05) is 12.3 Å². The van der Waals surface area contributed by atoms with Gasteiger partial charge in [-0.2, -0.15) is 0 Å². The Kier molecular flexibility index (Phi) is 4.92. The van der Waals surface area contributed by atoms with E-state index in [1.165, 1.54) is 29.7 Å². The van der Waals surface area contributed by atoms with Gasteiger partial charge in [-0.05, 0) is 55.4 Å². The molecule has 5 nitrogen and oxygen atoms in total. The van der Waals surface area contributed by atoms with E-state index < -0.39 is 6.23 Å². The fourth-order valence-electron chi connectivity index (χ4n) is 3.95. The number of rotatable bonds is 5. The molecule has 0 radical (unpaired) electrons. The monoisotopic (exact) mass is 358 g/mol. The summed E-state index contributed by atoms with van der Waals surface area (Å²) >= 11 is 1.73. The van der Waals surface area contributed by atoms with Gasteiger partial charge in [-0.3, -0.25) is 5.32 Å². The van der Waals surface area contributed by atoms with E-state index in [-0.39, 0.29) is 0 Å². The Balaban J connectivity index is 1.37. The quantitative estimate of drug-likeness (QED) is 0.660. The lowest BCUT2D eigenvalue weighted by Crippen LogP contribution is -2.30. The molecule has 0 spiro atoms. The molecule has 134 valence electrons. The van der Waals surface area contributed by atoms with E-state index in [0.717, 1.165) is 35.9 Å². The predicted octanol–water partition coefficient (Wildman–Crippen LogP) is 3.28. The third-order valence-corrected chi connectivity index (χ3v) is 6.17. The minimum Gasteiger partial charge on any atom is -0.385 e. The zero-order valence-corrected chi connectivity index (χ0v) is 15.4. The number of benzene rings is 1. The Morgan fingerprint density at radius 3 is 3.12 bits per heavy atom. The Bertz CT molecular complexity index is 732. The van der Waals surface area contributed by atoms with Crippen LogP contribution in [-0.2, 0) is 6.42 Å². The normalized spacial score (nSPS) is 25.6. The lowest BCUT2D eigenvalue weighted by Gasteiger charge is -2.25. The van der Waals surface area contributed by atoms with E-state index in [0.29, 0.717) is 12.0 Å². The molecule has 2 aliphatic rings. The molecule has 2 heterocycles. The van der Waals surface area contributed by atoms with Crippen LogP contribution in [0.4, 0.5) is 10.8 Å². The van der Waals surface area contributed by atoms with Crippen LogP contribution in [0.3, 0.4) is 0 Å². The smallest absolute Gasteiger partial charge is 0.183 e. The van der Waals surface area contributed by atoms with Gasteiger partial charge in [0.15, 0.2) is 5.13 Å². The molecule has 1 aromatic heterocycles. The van der Waals surface area contributed by atoms with Crippen molar-refractivity contribution in [1.82, 2.24) is 10.3 Å². The molecule has 1 fully saturated rings. The SMILES string of the molecule is Cc1cnc(NC2CCCC2CNc2ccc3c(c2)CCNC3O)s1. The lowest BCUT2D eigenvalue weighted by molar-refractivity contribution is 0.132. The van der Waals surface area contributed by atoms with Crippen LogP contribution in [0.15, 0.2) is 24.4 Å². The van der Waals surface area contributed by atoms with Gasteiger partial charge in [0.05, 0.1) is 0 Å². The summed E-state index contributed by atoms with van der Waals surface area (Å²) in [4.78, 5) is 5.70. The van der Waals surface area contributed by atoms with Crippen LogP contribution in [0.2, 0.25) is 0 Å². The maximum absolute atomic E-state index is 9.99. The first-order valence-electron chi connectivity index (χ1n) is 9.16. The average molecular weight is 359 g/mol. The molecule has 25 heavy (non-hydrogen) atoms. The first-order valence-corrected chi connectivity index (χ1v) is 9.98. The van der Waals surface area contributed by atoms with Gasteiger partial charge in [0.1, 0.15) is 6.23 Å². The molecule has 3 atom stereocenters. The molecule has 6 heteroatoms. The Morgan fingerprint density at radius 1 is 1.36 bits per heavy atom. The van der Waals surface area contributed by atoms with Crippen molar-refractivity contribution >= 4 is 22.2 Å². The molecule has 0 saturated heterocycles. The number of aliphatic hydroxyl groups is 1. The summed E-state index contributed by atoms with van der Waals surface area (Å²) in [6.07, 6.45) is 6.12. The minimum atomic E-state index is -0.525. The predicted molar refractivity (Wildman–Crippen MR) is 103 cm³/mol. The van der Waals surface area contributed by atoms with Gasteiger partial charge in [0.2, 0.25) is 0 Å². The third kappa shape index (κ3) is 3.81. The number of thiazole rings is 1. The Morgan fingerprint density at radius 2 is 2.28 bits per heavy atom. The number of nitrogens with zero attached hydrogens (tertiary/aromatic N) is 1. The van der Waals surface area contributed by atoms with Crippen molar-refractivity contribution in [3.05, 3.63) is 40.4 Å². The number of aliphatic hydroxyl groups excluding tert-OH is 1. The van der Waals surface area contributed by atoms with E-state index in [1.54, 1.807) is 11.3 Å². The molecule has 1 aromatic carbocycles. The van der Waals surface area contributed by atoms with Crippen molar-refractivity contribution in [2.24, 2.45) is 5.92 Å². The van der Waals surface area contributed by atoms with Gasteiger partial charge < -0.3 is 15.7 Å². The van der Waals surface area contributed by atoms with Crippen molar-refractivity contribution < 1.29 is 5.11 Å². The van der Waals surface area contributed by atoms with Crippen molar-refractivity contribution in [3.63, 3.8) is 0 Å². The lowest BCUT2D eigenvalue weighted by atomic mass is 9.98. The molecule has 4 rings (SSSR count). The van der Waals surface area contributed by atoms with Gasteiger partial charge in [-0.1, -0.05) is 12.5 Å². The zero-order valence-electron chi connectivity index (χ0n) is 14.6. The number of hydrogen-bond donors (Lipinski definition) is 4. The summed E-state index contributed by atoms with van der Waals surface area (Å²) in [5.74, 6) is 0.618. The number of aryl methyl sites for hydroxylation is 1. The van der Waals surface area contributed by atoms with Crippen LogP contribution in [-0.4, -0.2) is 29.2 Å². The second-order valence-corrected chi connectivity index (χ2v) is 8.35. The number of fused-ring (bicyclic) bond motifs is 1. The summed E-state index contributed by atoms with van der Waals surface area (Å²) in [7, 11) is 0. The molecule has 2 aromatic rings. The van der Waals surface area contributed by atoms with Gasteiger partial charge in [-0.25, -0.2) is 4.98 Å². The molecular weight excluding hydrogens is 332 g/mol. The maximum atomic E-state index is 9.99. The first-order chi connectivity index (χ1) is 12.2. The largest absolute Gasteiger partial charge is 0.385 e. The highest BCUT2D eigenvalue weighted by Crippen LogP contribution is 2.31. The summed E-state index contributed by atoms with van der Waals surface area (Å²) in [5.41, 5.74) is 3.41. The highest BCUT2D eigenvalue weighted by Gasteiger charge is 2.27. The summed E-state index contributed by atoms with van der Waals surface area (Å²) in [5, 5.41) is 21.4. The van der Waals surface area contributed by atoms with Crippen LogP contribution >= 0.6 is 11.3 Å². The molecule has 0 bridgehead atoms. The van der Waals surface area contributed by atoms with E-state index in [2.05, 4.69) is 40.0 Å². The van der Waals surface area contributed by atoms with Crippen LogP contribution < -0.4 is 16.0 Å². The highest BCUT2D eigenvalue weighted by atomic mass is 32.1. The molecule has 0 amide bonds. The van der Waals surface area contributed by atoms with Gasteiger partial charge >= 0.3 is 0 Å². The fraction of sp³-hybridized carbons (Fsp3) is 0.526. The molecule has 1 aliphatic heterocycles. The highest BCUT2D eigenvalue weighted by molar-refractivity contribution is 7.15. The maximum Gasteiger partial charge on any atom is 0.183 e. The van der Waals surface area contributed by atoms with Crippen molar-refractivity contribution in [2.75, 3.05) is 23.7 Å². The van der Waals surface area contributed by atoms with Crippen LogP contribution in [0.1, 0.15) is 41.5 Å². The molecule has 4 N–H and O–H groups in total. The first kappa shape index (κ1) is 16.8. The fourth-order valence-corrected chi connectivity index (χ4v) is 4.68. The molecule has 1 saturated carbocycles. The molecular formula is C19H26N4OS. The Hall–Kier alpha value is -1.63. The van der Waals surface area contributed by atoms with Crippen LogP contribution in [0.25, 0.3) is 0 Å². The van der Waals surface area contributed by atoms with Crippen LogP contribution in [0, 0.1) is 12.8 Å². The summed E-state index contributed by atoms with van der Waals surface area (Å²) < 4.78 is 0. The van der Waals surface area contributed by atoms with E-state index in [9.17, 15) is 5.11 Å². The summed E-state index contributed by atoms with van der Waals surface area (Å²) in [6, 6.07) is 6.82. The Labute approximate surface area is 152 Å². The van der Waals surface area contributed by atoms with E-state index in [4.69, 9.17) is 0 Å². The summed E-state index contributed by atoms with van der Waals surface area (Å²) in [6.45, 7) is 3.90. The number of nitrogens with one attached hydrogen (secondary N) is 3. The second-order valence-electron chi connectivity index (χ2n) is 7.12. The van der Waals surface area contributed by atoms with Gasteiger partial charge in [-0.15, -0.1) is 11.3 Å². The van der Waals surface area contributed by atoms with Gasteiger partial charge in [0.25, 0.3) is 0 Å². The molecule has 1 aliphatic carbocycles. The van der Waals surface area contributed by atoms with Crippen molar-refractivity contribution in [2.45, 2.75) is 44.9 Å². The van der Waals surface area contributed by atoms with Crippen LogP contribution in [0.5, 0.6) is 0 Å². The van der Waals surface area contributed by atoms with Crippen molar-refractivity contribution in [3.8, 4) is 0 Å². The third-order valence-electron chi connectivity index (χ3n) is 5.33. The molecule has 3 unspecified atom stereocenters. The second kappa shape index (κ2) is 7.32. The standard InChI is InChI=1S/C19H26N4OS/c1-12-10-22-19(25-12)23-17-4-2-3-14(17)11-21-15-5-6-16-13(9-15)7-8-20-18(16)24/h5-6,9-10,14,17-18,20-21,24H,2-4,7-8,11H2,1H3,(H,22,23). The van der Waals surface area contributed by atoms with Crippen molar-refractivity contribution in [1.29, 1.82) is 0 Å². The minimum absolute atomic E-state index is 0.502. The number of hydrogen-bond acceptors (Lipinski definition) is 6. The van der Waals surface area contributed by atoms with Gasteiger partial charge in [0, 0.05) is 35.9 Å². The number of anilines is 2. The number of aromatic nitrogens is 1.